The maximum atomic E-state index is 13.8. The van der Waals surface area contributed by atoms with Crippen molar-refractivity contribution in [2.45, 2.75) is 0 Å². The molecule has 7 nitrogen and oxygen atoms in total. The number of nitrogens with zero attached hydrogens (tertiary/aromatic N) is 3. The third-order valence-electron chi connectivity index (χ3n) is 3.78. The van der Waals surface area contributed by atoms with Crippen molar-refractivity contribution in [1.82, 2.24) is 9.97 Å². The molecule has 1 amide bonds. The summed E-state index contributed by atoms with van der Waals surface area (Å²) in [5.41, 5.74) is 0.957. The third kappa shape index (κ3) is 5.10. The van der Waals surface area contributed by atoms with E-state index in [0.29, 0.717) is 11.3 Å². The molecule has 1 aromatic heterocycles. The summed E-state index contributed by atoms with van der Waals surface area (Å²) in [6.07, 6.45) is 2.28. The summed E-state index contributed by atoms with van der Waals surface area (Å²) in [4.78, 5) is 19.6. The molecule has 2 aromatic carbocycles. The Labute approximate surface area is 176 Å². The van der Waals surface area contributed by atoms with E-state index >= 15 is 0 Å². The molecule has 3 rings (SSSR count). The van der Waals surface area contributed by atoms with Crippen LogP contribution in [0.4, 0.5) is 10.1 Å². The molecule has 0 fully saturated rings. The Balaban J connectivity index is 1.84. The van der Waals surface area contributed by atoms with Crippen LogP contribution in [0.3, 0.4) is 0 Å². The van der Waals surface area contributed by atoms with Crippen LogP contribution in [0.5, 0.6) is 17.4 Å². The minimum Gasteiger partial charge on any atom is -0.493 e. The number of halogens is 2. The maximum absolute atomic E-state index is 13.8. The van der Waals surface area contributed by atoms with E-state index in [9.17, 15) is 14.4 Å². The third-order valence-corrected chi connectivity index (χ3v) is 3.97. The zero-order chi connectivity index (χ0) is 21.5. The van der Waals surface area contributed by atoms with Crippen LogP contribution in [0.25, 0.3) is 6.08 Å². The van der Waals surface area contributed by atoms with Crippen molar-refractivity contribution >= 4 is 29.3 Å². The van der Waals surface area contributed by atoms with Crippen molar-refractivity contribution in [1.29, 1.82) is 5.26 Å². The first kappa shape index (κ1) is 20.8. The number of methoxy groups -OCH3 is 1. The highest BCUT2D eigenvalue weighted by Gasteiger charge is 2.14. The van der Waals surface area contributed by atoms with Crippen LogP contribution in [0.15, 0.2) is 60.3 Å². The van der Waals surface area contributed by atoms with Crippen molar-refractivity contribution in [3.8, 4) is 23.4 Å². The highest BCUT2D eigenvalue weighted by Crippen LogP contribution is 2.33. The SMILES string of the molecule is COc1cc(/C=C(/C#N)C(=O)Nc2ccccc2)ccc1Oc1nc(Cl)ncc1F. The summed E-state index contributed by atoms with van der Waals surface area (Å²) in [6, 6.07) is 15.2. The highest BCUT2D eigenvalue weighted by molar-refractivity contribution is 6.28. The van der Waals surface area contributed by atoms with Crippen LogP contribution in [0, 0.1) is 17.1 Å². The standard InChI is InChI=1S/C21H14ClFN4O3/c1-29-18-10-13(7-8-17(18)30-20-16(23)12-25-21(22)27-20)9-14(11-24)19(28)26-15-5-3-2-4-6-15/h2-10,12H,1H3,(H,26,28)/b14-9-. The molecule has 150 valence electrons. The van der Waals surface area contributed by atoms with E-state index in [2.05, 4.69) is 15.3 Å². The summed E-state index contributed by atoms with van der Waals surface area (Å²) < 4.78 is 24.5. The molecule has 1 N–H and O–H groups in total. The Bertz CT molecular complexity index is 1150. The fraction of sp³-hybridized carbons (Fsp3) is 0.0476. The second-order valence-electron chi connectivity index (χ2n) is 5.79. The van der Waals surface area contributed by atoms with E-state index in [1.807, 2.05) is 12.1 Å². The van der Waals surface area contributed by atoms with Crippen LogP contribution in [0.1, 0.15) is 5.56 Å². The van der Waals surface area contributed by atoms with E-state index in [1.54, 1.807) is 30.3 Å². The topological polar surface area (TPSA) is 97.1 Å². The second-order valence-corrected chi connectivity index (χ2v) is 6.13. The van der Waals surface area contributed by atoms with Gasteiger partial charge in [-0.3, -0.25) is 4.79 Å². The van der Waals surface area contributed by atoms with Crippen molar-refractivity contribution < 1.29 is 18.7 Å². The average molecular weight is 425 g/mol. The van der Waals surface area contributed by atoms with E-state index in [0.717, 1.165) is 6.20 Å². The Morgan fingerprint density at radius 2 is 2.00 bits per heavy atom. The molecule has 1 heterocycles. The van der Waals surface area contributed by atoms with Gasteiger partial charge < -0.3 is 14.8 Å². The average Bonchev–Trinajstić information content (AvgIpc) is 2.76. The lowest BCUT2D eigenvalue weighted by atomic mass is 10.1. The van der Waals surface area contributed by atoms with Gasteiger partial charge >= 0.3 is 0 Å². The van der Waals surface area contributed by atoms with E-state index in [4.69, 9.17) is 21.1 Å². The lowest BCUT2D eigenvalue weighted by Gasteiger charge is -2.11. The molecule has 0 bridgehead atoms. The number of ether oxygens (including phenoxy) is 2. The molecular formula is C21H14ClFN4O3. The predicted octanol–water partition coefficient (Wildman–Crippen LogP) is 4.62. The Morgan fingerprint density at radius 1 is 1.23 bits per heavy atom. The number of nitrogens with one attached hydrogen (secondary N) is 1. The lowest BCUT2D eigenvalue weighted by Crippen LogP contribution is -2.13. The van der Waals surface area contributed by atoms with Crippen LogP contribution < -0.4 is 14.8 Å². The summed E-state index contributed by atoms with van der Waals surface area (Å²) in [6.45, 7) is 0. The number of carbonyl (C=O) groups excluding carboxylic acids is 1. The zero-order valence-corrected chi connectivity index (χ0v) is 16.4. The minimum atomic E-state index is -0.797. The normalized spacial score (nSPS) is 10.8. The number of rotatable bonds is 6. The van der Waals surface area contributed by atoms with Gasteiger partial charge in [0.05, 0.1) is 13.3 Å². The van der Waals surface area contributed by atoms with E-state index < -0.39 is 11.7 Å². The molecular weight excluding hydrogens is 411 g/mol. The lowest BCUT2D eigenvalue weighted by molar-refractivity contribution is -0.112. The largest absolute Gasteiger partial charge is 0.493 e. The number of amides is 1. The smallest absolute Gasteiger partial charge is 0.266 e. The molecule has 0 saturated carbocycles. The fourth-order valence-corrected chi connectivity index (χ4v) is 2.53. The Hall–Kier alpha value is -3.96. The molecule has 0 atom stereocenters. The first-order valence-electron chi connectivity index (χ1n) is 8.52. The van der Waals surface area contributed by atoms with E-state index in [1.165, 1.54) is 25.3 Å². The molecule has 30 heavy (non-hydrogen) atoms. The molecule has 0 aliphatic carbocycles. The molecule has 0 unspecified atom stereocenters. The summed E-state index contributed by atoms with van der Waals surface area (Å²) in [5.74, 6) is -1.32. The van der Waals surface area contributed by atoms with Gasteiger partial charge in [-0.25, -0.2) is 4.98 Å². The molecule has 0 radical (unpaired) electrons. The predicted molar refractivity (Wildman–Crippen MR) is 109 cm³/mol. The van der Waals surface area contributed by atoms with Crippen molar-refractivity contribution in [2.75, 3.05) is 12.4 Å². The number of hydrogen-bond donors (Lipinski definition) is 1. The first-order chi connectivity index (χ1) is 14.5. The Kier molecular flexibility index (Phi) is 6.57. The van der Waals surface area contributed by atoms with E-state index in [-0.39, 0.29) is 28.2 Å². The summed E-state index contributed by atoms with van der Waals surface area (Å²) in [7, 11) is 1.40. The quantitative estimate of drug-likeness (QED) is 0.352. The van der Waals surface area contributed by atoms with Crippen LogP contribution in [-0.2, 0) is 4.79 Å². The van der Waals surface area contributed by atoms with Gasteiger partial charge in [0.1, 0.15) is 11.6 Å². The van der Waals surface area contributed by atoms with Gasteiger partial charge in [-0.05, 0) is 47.5 Å². The molecule has 0 saturated heterocycles. The van der Waals surface area contributed by atoms with Crippen LogP contribution >= 0.6 is 11.6 Å². The minimum absolute atomic E-state index is 0.108. The van der Waals surface area contributed by atoms with Gasteiger partial charge in [-0.2, -0.15) is 14.6 Å². The molecule has 0 spiro atoms. The van der Waals surface area contributed by atoms with Gasteiger partial charge in [-0.15, -0.1) is 0 Å². The fourth-order valence-electron chi connectivity index (χ4n) is 2.40. The van der Waals surface area contributed by atoms with Crippen LogP contribution in [-0.4, -0.2) is 23.0 Å². The monoisotopic (exact) mass is 424 g/mol. The second kappa shape index (κ2) is 9.49. The van der Waals surface area contributed by atoms with Crippen molar-refractivity contribution in [3.05, 3.63) is 77.0 Å². The number of nitriles is 1. The Morgan fingerprint density at radius 3 is 2.70 bits per heavy atom. The number of anilines is 1. The highest BCUT2D eigenvalue weighted by atomic mass is 35.5. The summed E-state index contributed by atoms with van der Waals surface area (Å²) >= 11 is 5.67. The van der Waals surface area contributed by atoms with Gasteiger partial charge in [-0.1, -0.05) is 24.3 Å². The summed E-state index contributed by atoms with van der Waals surface area (Å²) in [5, 5.41) is 11.8. The van der Waals surface area contributed by atoms with Gasteiger partial charge in [0.2, 0.25) is 11.1 Å². The van der Waals surface area contributed by atoms with Gasteiger partial charge in [0, 0.05) is 5.69 Å². The molecule has 0 aliphatic rings. The zero-order valence-electron chi connectivity index (χ0n) is 15.6. The maximum Gasteiger partial charge on any atom is 0.266 e. The van der Waals surface area contributed by atoms with Gasteiger partial charge in [0.25, 0.3) is 11.8 Å². The molecule has 3 aromatic rings. The van der Waals surface area contributed by atoms with Crippen LogP contribution in [0.2, 0.25) is 5.28 Å². The number of aromatic nitrogens is 2. The number of carbonyl (C=O) groups is 1. The van der Waals surface area contributed by atoms with Crippen molar-refractivity contribution in [2.24, 2.45) is 0 Å². The van der Waals surface area contributed by atoms with Gasteiger partial charge in [0.15, 0.2) is 11.5 Å². The number of para-hydroxylation sites is 1. The number of hydrogen-bond acceptors (Lipinski definition) is 6. The molecule has 9 heteroatoms. The van der Waals surface area contributed by atoms with Crippen molar-refractivity contribution in [3.63, 3.8) is 0 Å². The number of benzene rings is 2. The molecule has 0 aliphatic heterocycles. The first-order valence-corrected chi connectivity index (χ1v) is 8.90.